The number of hydrogen-bond donors (Lipinski definition) is 3. The number of carboxylic acid groups (broad SMARTS) is 1. The number of likely N-dealkylation sites (tertiary alicyclic amines) is 1. The summed E-state index contributed by atoms with van der Waals surface area (Å²) in [5, 5.41) is 19.2. The molecule has 1 fully saturated rings. The molecule has 2 aliphatic heterocycles. The number of Topliss-reactive ketones (excluding diaryl/α,β-unsaturated/α-hetero) is 1. The van der Waals surface area contributed by atoms with Crippen LogP contribution in [0.25, 0.3) is 0 Å². The maximum absolute atomic E-state index is 12.1. The number of hydrogen-bond acceptors (Lipinski definition) is 7. The van der Waals surface area contributed by atoms with Crippen molar-refractivity contribution < 1.29 is 33.9 Å². The lowest BCUT2D eigenvalue weighted by Gasteiger charge is -2.40. The number of aryl methyl sites for hydroxylation is 1. The Morgan fingerprint density at radius 3 is 2.74 bits per heavy atom. The van der Waals surface area contributed by atoms with Crippen LogP contribution in [-0.2, 0) is 16.0 Å². The van der Waals surface area contributed by atoms with Crippen LogP contribution in [0.3, 0.4) is 0 Å². The van der Waals surface area contributed by atoms with Gasteiger partial charge in [-0.1, -0.05) is 6.07 Å². The Kier molecular flexibility index (Phi) is 5.38. The van der Waals surface area contributed by atoms with Crippen molar-refractivity contribution in [2.24, 2.45) is 5.73 Å². The highest BCUT2D eigenvalue weighted by Crippen LogP contribution is 2.37. The van der Waals surface area contributed by atoms with Gasteiger partial charge in [0.1, 0.15) is 28.9 Å². The molecule has 2 aliphatic rings. The molecule has 144 valence electrons. The van der Waals surface area contributed by atoms with Crippen LogP contribution in [0.2, 0.25) is 6.32 Å². The van der Waals surface area contributed by atoms with Crippen LogP contribution in [0.1, 0.15) is 29.3 Å². The van der Waals surface area contributed by atoms with Gasteiger partial charge in [-0.2, -0.15) is 0 Å². The number of carbonyl (C=O) groups excluding carboxylic acids is 2. The van der Waals surface area contributed by atoms with Gasteiger partial charge in [0, 0.05) is 6.42 Å². The normalized spacial score (nSPS) is 17.4. The molecular weight excluding hydrogens is 355 g/mol. The maximum Gasteiger partial charge on any atom is 0.522 e. The minimum atomic E-state index is -1.22. The van der Waals surface area contributed by atoms with E-state index in [2.05, 4.69) is 0 Å². The van der Waals surface area contributed by atoms with Crippen LogP contribution in [-0.4, -0.2) is 65.0 Å². The fourth-order valence-corrected chi connectivity index (χ4v) is 3.22. The van der Waals surface area contributed by atoms with E-state index in [4.69, 9.17) is 15.1 Å². The fourth-order valence-electron chi connectivity index (χ4n) is 3.22. The second kappa shape index (κ2) is 7.57. The van der Waals surface area contributed by atoms with Crippen molar-refractivity contribution >= 4 is 24.8 Å². The highest BCUT2D eigenvalue weighted by Gasteiger charge is 2.37. The number of nitrogens with two attached hydrogens (primary N) is 1. The minimum Gasteiger partial charge on any atom is -0.535 e. The molecule has 4 N–H and O–H groups in total. The molecule has 0 saturated carbocycles. The van der Waals surface area contributed by atoms with Gasteiger partial charge in [-0.15, -0.1) is 0 Å². The first kappa shape index (κ1) is 19.2. The van der Waals surface area contributed by atoms with Crippen LogP contribution >= 0.6 is 0 Å². The summed E-state index contributed by atoms with van der Waals surface area (Å²) in [5.41, 5.74) is 6.27. The van der Waals surface area contributed by atoms with Crippen molar-refractivity contribution in [2.75, 3.05) is 13.1 Å². The molecule has 1 aromatic carbocycles. The number of ether oxygens (including phenoxy) is 1. The highest BCUT2D eigenvalue weighted by molar-refractivity contribution is 6.44. The largest absolute Gasteiger partial charge is 0.535 e. The number of carboxylic acids is 1. The van der Waals surface area contributed by atoms with E-state index >= 15 is 0 Å². The molecule has 1 saturated heterocycles. The zero-order valence-corrected chi connectivity index (χ0v) is 14.9. The smallest absolute Gasteiger partial charge is 0.522 e. The molecule has 9 nitrogen and oxygen atoms in total. The van der Waals surface area contributed by atoms with E-state index in [1.54, 1.807) is 12.1 Å². The van der Waals surface area contributed by atoms with Gasteiger partial charge in [0.15, 0.2) is 0 Å². The molecule has 0 radical (unpaired) electrons. The van der Waals surface area contributed by atoms with Crippen LogP contribution in [0.4, 0.5) is 0 Å². The lowest BCUT2D eigenvalue weighted by atomic mass is 9.78. The first-order valence-corrected chi connectivity index (χ1v) is 8.70. The van der Waals surface area contributed by atoms with E-state index in [0.29, 0.717) is 18.3 Å². The first-order valence-electron chi connectivity index (χ1n) is 8.70. The Balaban J connectivity index is 1.67. The van der Waals surface area contributed by atoms with Crippen LogP contribution in [0, 0.1) is 0 Å². The predicted molar refractivity (Wildman–Crippen MR) is 94.8 cm³/mol. The second-order valence-electron chi connectivity index (χ2n) is 6.84. The monoisotopic (exact) mass is 376 g/mol. The Morgan fingerprint density at radius 2 is 2.11 bits per heavy atom. The third kappa shape index (κ3) is 4.06. The Bertz CT molecular complexity index is 779. The third-order valence-electron chi connectivity index (χ3n) is 4.61. The zero-order chi connectivity index (χ0) is 19.7. The Hall–Kier alpha value is -2.59. The van der Waals surface area contributed by atoms with E-state index in [9.17, 15) is 24.5 Å². The maximum atomic E-state index is 12.1. The van der Waals surface area contributed by atoms with Crippen molar-refractivity contribution in [3.05, 3.63) is 23.3 Å². The summed E-state index contributed by atoms with van der Waals surface area (Å²) in [6.45, 7) is 1.88. The standard InChI is InChI=1S/C17H21BN2O7/c1-9(21)6-12(19)16(22)20-7-11(8-20)26-13-3-2-10-4-5-18(25)27-15(10)14(13)17(23)24/h2-3,11-12,25H,4-8,19H2,1H3,(H,23,24)/t12-/m1/s1. The summed E-state index contributed by atoms with van der Waals surface area (Å²) in [7, 11) is -1.05. The molecule has 0 aromatic heterocycles. The molecule has 27 heavy (non-hydrogen) atoms. The van der Waals surface area contributed by atoms with Crippen LogP contribution in [0.5, 0.6) is 11.5 Å². The predicted octanol–water partition coefficient (Wildman–Crippen LogP) is -0.304. The summed E-state index contributed by atoms with van der Waals surface area (Å²) < 4.78 is 11.0. The van der Waals surface area contributed by atoms with Crippen molar-refractivity contribution in [1.82, 2.24) is 4.90 Å². The molecule has 2 heterocycles. The summed E-state index contributed by atoms with van der Waals surface area (Å²) in [5.74, 6) is -1.46. The number of amides is 1. The molecule has 0 spiro atoms. The van der Waals surface area contributed by atoms with E-state index in [0.717, 1.165) is 0 Å². The quantitative estimate of drug-likeness (QED) is 0.575. The number of fused-ring (bicyclic) bond motifs is 1. The minimum absolute atomic E-state index is 0.0193. The number of aromatic carboxylic acids is 1. The molecular formula is C17H21BN2O7. The average molecular weight is 376 g/mol. The van der Waals surface area contributed by atoms with Crippen molar-refractivity contribution in [3.8, 4) is 11.5 Å². The first-order chi connectivity index (χ1) is 12.8. The van der Waals surface area contributed by atoms with E-state index < -0.39 is 19.1 Å². The van der Waals surface area contributed by atoms with E-state index in [1.807, 2.05) is 0 Å². The van der Waals surface area contributed by atoms with Crippen LogP contribution in [0.15, 0.2) is 12.1 Å². The molecule has 1 aromatic rings. The van der Waals surface area contributed by atoms with Gasteiger partial charge in [-0.25, -0.2) is 4.79 Å². The van der Waals surface area contributed by atoms with Crippen molar-refractivity contribution in [2.45, 2.75) is 38.2 Å². The number of rotatable bonds is 6. The average Bonchev–Trinajstić information content (AvgIpc) is 2.55. The molecule has 0 bridgehead atoms. The summed E-state index contributed by atoms with van der Waals surface area (Å²) >= 11 is 0. The van der Waals surface area contributed by atoms with Gasteiger partial charge in [-0.3, -0.25) is 9.59 Å². The lowest BCUT2D eigenvalue weighted by molar-refractivity contribution is -0.142. The molecule has 0 unspecified atom stereocenters. The Morgan fingerprint density at radius 1 is 1.41 bits per heavy atom. The number of carbonyl (C=O) groups is 3. The van der Waals surface area contributed by atoms with Gasteiger partial charge in [0.05, 0.1) is 19.1 Å². The lowest BCUT2D eigenvalue weighted by Crippen LogP contribution is -2.60. The van der Waals surface area contributed by atoms with Crippen molar-refractivity contribution in [3.63, 3.8) is 0 Å². The van der Waals surface area contributed by atoms with E-state index in [-0.39, 0.29) is 54.4 Å². The Labute approximate surface area is 156 Å². The van der Waals surface area contributed by atoms with Gasteiger partial charge in [0.25, 0.3) is 0 Å². The van der Waals surface area contributed by atoms with Gasteiger partial charge < -0.3 is 30.2 Å². The SMILES string of the molecule is CC(=O)C[C@@H](N)C(=O)N1CC(Oc2ccc3c(c2C(=O)O)OB(O)CC3)C1. The molecule has 3 rings (SSSR count). The molecule has 1 amide bonds. The molecule has 10 heteroatoms. The zero-order valence-electron chi connectivity index (χ0n) is 14.9. The number of ketones is 1. The number of nitrogens with zero attached hydrogens (tertiary/aromatic N) is 1. The highest BCUT2D eigenvalue weighted by atomic mass is 16.5. The number of benzene rings is 1. The fraction of sp³-hybridized carbons (Fsp3) is 0.471. The van der Waals surface area contributed by atoms with E-state index in [1.165, 1.54) is 11.8 Å². The topological polar surface area (TPSA) is 139 Å². The van der Waals surface area contributed by atoms with Crippen LogP contribution < -0.4 is 15.1 Å². The van der Waals surface area contributed by atoms with Gasteiger partial charge >= 0.3 is 13.1 Å². The van der Waals surface area contributed by atoms with Gasteiger partial charge in [0.2, 0.25) is 5.91 Å². The third-order valence-corrected chi connectivity index (χ3v) is 4.61. The summed E-state index contributed by atoms with van der Waals surface area (Å²) in [6.07, 6.45) is 0.501. The molecule has 0 aliphatic carbocycles. The summed E-state index contributed by atoms with van der Waals surface area (Å²) in [4.78, 5) is 36.4. The van der Waals surface area contributed by atoms with Crippen molar-refractivity contribution in [1.29, 1.82) is 0 Å². The van der Waals surface area contributed by atoms with Gasteiger partial charge in [-0.05, 0) is 31.3 Å². The second-order valence-corrected chi connectivity index (χ2v) is 6.84. The molecule has 1 atom stereocenters. The summed E-state index contributed by atoms with van der Waals surface area (Å²) in [6, 6.07) is 2.40.